The van der Waals surface area contributed by atoms with E-state index in [1.165, 1.54) is 5.39 Å². The molecule has 0 aliphatic heterocycles. The molecule has 0 radical (unpaired) electrons. The summed E-state index contributed by atoms with van der Waals surface area (Å²) in [5.41, 5.74) is 1.84. The van der Waals surface area contributed by atoms with Crippen LogP contribution in [0.15, 0.2) is 54.6 Å². The molecule has 0 amide bonds. The summed E-state index contributed by atoms with van der Waals surface area (Å²) in [7, 11) is 0. The van der Waals surface area contributed by atoms with Crippen molar-refractivity contribution >= 4 is 27.6 Å². The molecule has 0 fully saturated rings. The molecule has 2 N–H and O–H groups in total. The Hall–Kier alpha value is -2.16. The maximum Gasteiger partial charge on any atom is 0.110 e. The predicted octanol–water partition coefficient (Wildman–Crippen LogP) is 3.41. The van der Waals surface area contributed by atoms with E-state index in [-0.39, 0.29) is 0 Å². The average molecular weight is 262 g/mol. The van der Waals surface area contributed by atoms with E-state index in [1.54, 1.807) is 6.08 Å². The average Bonchev–Trinajstić information content (AvgIpc) is 2.50. The van der Waals surface area contributed by atoms with Crippen LogP contribution in [-0.4, -0.2) is 16.3 Å². The number of benzene rings is 3. The fourth-order valence-corrected chi connectivity index (χ4v) is 3.16. The Morgan fingerprint density at radius 1 is 0.700 bits per heavy atom. The standard InChI is InChI=1S/C18H14O2/c19-16-10-9-15-13-7-2-1-5-11(13)12-6-3-4-8-14(12)17(15)18(16)20/h1-10,16,18-20H. The zero-order valence-corrected chi connectivity index (χ0v) is 10.8. The van der Waals surface area contributed by atoms with Crippen LogP contribution in [0.2, 0.25) is 0 Å². The van der Waals surface area contributed by atoms with Crippen LogP contribution in [0.4, 0.5) is 0 Å². The highest BCUT2D eigenvalue weighted by Gasteiger charge is 2.26. The molecule has 3 aromatic carbocycles. The van der Waals surface area contributed by atoms with Gasteiger partial charge in [0.25, 0.3) is 0 Å². The van der Waals surface area contributed by atoms with Crippen molar-refractivity contribution in [3.63, 3.8) is 0 Å². The first kappa shape index (κ1) is 11.6. The first-order valence-electron chi connectivity index (χ1n) is 6.75. The molecule has 98 valence electrons. The maximum absolute atomic E-state index is 10.4. The molecule has 0 heterocycles. The minimum Gasteiger partial charge on any atom is -0.386 e. The van der Waals surface area contributed by atoms with Gasteiger partial charge in [0.15, 0.2) is 0 Å². The lowest BCUT2D eigenvalue weighted by molar-refractivity contribution is 0.0481. The van der Waals surface area contributed by atoms with E-state index >= 15 is 0 Å². The van der Waals surface area contributed by atoms with Crippen molar-refractivity contribution in [1.29, 1.82) is 0 Å². The lowest BCUT2D eigenvalue weighted by atomic mass is 9.84. The quantitative estimate of drug-likeness (QED) is 0.609. The van der Waals surface area contributed by atoms with Gasteiger partial charge in [0.05, 0.1) is 0 Å². The summed E-state index contributed by atoms with van der Waals surface area (Å²) >= 11 is 0. The Bertz CT molecular complexity index is 849. The van der Waals surface area contributed by atoms with Gasteiger partial charge >= 0.3 is 0 Å². The molecule has 2 nitrogen and oxygen atoms in total. The Balaban J connectivity index is 2.28. The van der Waals surface area contributed by atoms with Crippen LogP contribution >= 0.6 is 0 Å². The molecule has 0 saturated heterocycles. The topological polar surface area (TPSA) is 40.5 Å². The lowest BCUT2D eigenvalue weighted by Crippen LogP contribution is -2.20. The number of hydrogen-bond acceptors (Lipinski definition) is 2. The first-order valence-corrected chi connectivity index (χ1v) is 6.75. The van der Waals surface area contributed by atoms with E-state index in [0.29, 0.717) is 0 Å². The van der Waals surface area contributed by atoms with Crippen LogP contribution in [0.5, 0.6) is 0 Å². The lowest BCUT2D eigenvalue weighted by Gasteiger charge is -2.25. The fraction of sp³-hybridized carbons (Fsp3) is 0.111. The van der Waals surface area contributed by atoms with Crippen molar-refractivity contribution in [2.24, 2.45) is 0 Å². The number of aliphatic hydroxyl groups is 2. The fourth-order valence-electron chi connectivity index (χ4n) is 3.16. The molecule has 1 aliphatic rings. The Kier molecular flexibility index (Phi) is 2.43. The Morgan fingerprint density at radius 3 is 1.95 bits per heavy atom. The summed E-state index contributed by atoms with van der Waals surface area (Å²) in [5.74, 6) is 0. The molecule has 2 unspecified atom stereocenters. The van der Waals surface area contributed by atoms with Crippen LogP contribution in [0.3, 0.4) is 0 Å². The smallest absolute Gasteiger partial charge is 0.110 e. The highest BCUT2D eigenvalue weighted by atomic mass is 16.3. The van der Waals surface area contributed by atoms with Crippen LogP contribution in [0.1, 0.15) is 17.2 Å². The molecule has 0 spiro atoms. The second kappa shape index (κ2) is 4.17. The molecule has 1 aliphatic carbocycles. The predicted molar refractivity (Wildman–Crippen MR) is 81.5 cm³/mol. The normalized spacial score (nSPS) is 21.3. The van der Waals surface area contributed by atoms with Crippen LogP contribution in [0, 0.1) is 0 Å². The van der Waals surface area contributed by atoms with Crippen molar-refractivity contribution < 1.29 is 10.2 Å². The van der Waals surface area contributed by atoms with Crippen molar-refractivity contribution in [2.45, 2.75) is 12.2 Å². The maximum atomic E-state index is 10.4. The molecule has 0 saturated carbocycles. The largest absolute Gasteiger partial charge is 0.386 e. The summed E-state index contributed by atoms with van der Waals surface area (Å²) in [6, 6.07) is 16.2. The van der Waals surface area contributed by atoms with Gasteiger partial charge in [-0.05, 0) is 32.7 Å². The second-order valence-corrected chi connectivity index (χ2v) is 5.21. The van der Waals surface area contributed by atoms with Crippen LogP contribution in [-0.2, 0) is 0 Å². The van der Waals surface area contributed by atoms with E-state index in [2.05, 4.69) is 18.2 Å². The Labute approximate surface area is 116 Å². The SMILES string of the molecule is OC1C=Cc2c(c3ccccc3c3ccccc23)C1O. The van der Waals surface area contributed by atoms with Gasteiger partial charge in [0.2, 0.25) is 0 Å². The molecule has 4 rings (SSSR count). The molecule has 0 aromatic heterocycles. The third-order valence-corrected chi connectivity index (χ3v) is 4.09. The molecule has 0 bridgehead atoms. The van der Waals surface area contributed by atoms with Gasteiger partial charge in [-0.2, -0.15) is 0 Å². The van der Waals surface area contributed by atoms with Crippen molar-refractivity contribution in [3.8, 4) is 0 Å². The number of rotatable bonds is 0. The number of aliphatic hydroxyl groups excluding tert-OH is 2. The minimum atomic E-state index is -0.871. The van der Waals surface area contributed by atoms with Crippen molar-refractivity contribution in [3.05, 3.63) is 65.7 Å². The van der Waals surface area contributed by atoms with Gasteiger partial charge in [-0.25, -0.2) is 0 Å². The van der Waals surface area contributed by atoms with Crippen molar-refractivity contribution in [2.75, 3.05) is 0 Å². The highest BCUT2D eigenvalue weighted by Crippen LogP contribution is 2.40. The summed E-state index contributed by atoms with van der Waals surface area (Å²) in [4.78, 5) is 0. The molecule has 2 heteroatoms. The Morgan fingerprint density at radius 2 is 1.25 bits per heavy atom. The van der Waals surface area contributed by atoms with Gasteiger partial charge in [0.1, 0.15) is 12.2 Å². The molecular weight excluding hydrogens is 248 g/mol. The van der Waals surface area contributed by atoms with Crippen molar-refractivity contribution in [1.82, 2.24) is 0 Å². The van der Waals surface area contributed by atoms with Gasteiger partial charge in [-0.3, -0.25) is 0 Å². The third kappa shape index (κ3) is 1.46. The second-order valence-electron chi connectivity index (χ2n) is 5.21. The van der Waals surface area contributed by atoms with Crippen LogP contribution in [0.25, 0.3) is 27.6 Å². The number of hydrogen-bond donors (Lipinski definition) is 2. The van der Waals surface area contributed by atoms with Gasteiger partial charge < -0.3 is 10.2 Å². The zero-order chi connectivity index (χ0) is 13.7. The van der Waals surface area contributed by atoms with E-state index in [4.69, 9.17) is 0 Å². The summed E-state index contributed by atoms with van der Waals surface area (Å²) < 4.78 is 0. The summed E-state index contributed by atoms with van der Waals surface area (Å²) in [6.07, 6.45) is 1.87. The first-order chi connectivity index (χ1) is 9.77. The number of fused-ring (bicyclic) bond motifs is 6. The molecule has 3 aromatic rings. The van der Waals surface area contributed by atoms with E-state index in [9.17, 15) is 10.2 Å². The molecule has 2 atom stereocenters. The van der Waals surface area contributed by atoms with Crippen LogP contribution < -0.4 is 0 Å². The minimum absolute atomic E-state index is 0.828. The van der Waals surface area contributed by atoms with E-state index in [1.807, 2.05) is 36.4 Å². The van der Waals surface area contributed by atoms with E-state index in [0.717, 1.165) is 27.3 Å². The summed E-state index contributed by atoms with van der Waals surface area (Å²) in [5, 5.41) is 24.7. The molecule has 20 heavy (non-hydrogen) atoms. The van der Waals surface area contributed by atoms with Gasteiger partial charge in [-0.1, -0.05) is 60.7 Å². The highest BCUT2D eigenvalue weighted by molar-refractivity contribution is 6.13. The molecular formula is C18H14O2. The van der Waals surface area contributed by atoms with Gasteiger partial charge in [-0.15, -0.1) is 0 Å². The van der Waals surface area contributed by atoms with Gasteiger partial charge in [0, 0.05) is 0 Å². The summed E-state index contributed by atoms with van der Waals surface area (Å²) in [6.45, 7) is 0. The van der Waals surface area contributed by atoms with E-state index < -0.39 is 12.2 Å². The zero-order valence-electron chi connectivity index (χ0n) is 10.8. The third-order valence-electron chi connectivity index (χ3n) is 4.09. The monoisotopic (exact) mass is 262 g/mol.